The fraction of sp³-hybridized carbons (Fsp3) is 0.600. The van der Waals surface area contributed by atoms with Crippen LogP contribution in [0.3, 0.4) is 0 Å². The summed E-state index contributed by atoms with van der Waals surface area (Å²) in [5.74, 6) is 0.517. The van der Waals surface area contributed by atoms with Crippen molar-refractivity contribution in [2.45, 2.75) is 25.4 Å². The van der Waals surface area contributed by atoms with Gasteiger partial charge in [-0.2, -0.15) is 0 Å². The molecule has 6 nitrogen and oxygen atoms in total. The average Bonchev–Trinajstić information content (AvgIpc) is 3.05. The molecule has 1 atom stereocenters. The van der Waals surface area contributed by atoms with E-state index in [1.807, 2.05) is 41.0 Å². The lowest BCUT2D eigenvalue weighted by Gasteiger charge is -2.47. The number of carbonyl (C=O) groups excluding carboxylic acids is 2. The minimum Gasteiger partial charge on any atom is -0.378 e. The zero-order chi connectivity index (χ0) is 18.1. The van der Waals surface area contributed by atoms with Gasteiger partial charge in [0.1, 0.15) is 5.60 Å². The largest absolute Gasteiger partial charge is 0.378 e. The zero-order valence-corrected chi connectivity index (χ0v) is 15.3. The number of ether oxygens (including phenoxy) is 2. The van der Waals surface area contributed by atoms with Gasteiger partial charge < -0.3 is 19.3 Å². The minimum absolute atomic E-state index is 0.0655. The van der Waals surface area contributed by atoms with Gasteiger partial charge in [-0.3, -0.25) is 9.59 Å². The average molecular weight is 358 g/mol. The Kier molecular flexibility index (Phi) is 4.71. The van der Waals surface area contributed by atoms with Gasteiger partial charge in [-0.25, -0.2) is 0 Å². The summed E-state index contributed by atoms with van der Waals surface area (Å²) in [5, 5.41) is 0. The van der Waals surface area contributed by atoms with E-state index in [9.17, 15) is 9.59 Å². The fourth-order valence-electron chi connectivity index (χ4n) is 4.23. The van der Waals surface area contributed by atoms with Gasteiger partial charge in [0.2, 0.25) is 5.91 Å². The van der Waals surface area contributed by atoms with Crippen LogP contribution in [0.5, 0.6) is 0 Å². The summed E-state index contributed by atoms with van der Waals surface area (Å²) in [4.78, 5) is 28.7. The number of aryl methyl sites for hydroxylation is 1. The van der Waals surface area contributed by atoms with E-state index >= 15 is 0 Å². The summed E-state index contributed by atoms with van der Waals surface area (Å²) < 4.78 is 11.3. The van der Waals surface area contributed by atoms with Gasteiger partial charge in [0, 0.05) is 25.1 Å². The van der Waals surface area contributed by atoms with Crippen LogP contribution in [0.25, 0.3) is 0 Å². The van der Waals surface area contributed by atoms with Gasteiger partial charge in [0.25, 0.3) is 5.91 Å². The highest BCUT2D eigenvalue weighted by atomic mass is 16.5. The Morgan fingerprint density at radius 1 is 1.19 bits per heavy atom. The second kappa shape index (κ2) is 7.00. The zero-order valence-electron chi connectivity index (χ0n) is 15.3. The molecule has 3 saturated heterocycles. The SMILES string of the molecule is Cc1cccc(C(=O)N2CC3(CC(CC(=O)N4CCOCC4)CO3)C2)c1. The molecule has 4 rings (SSSR count). The Balaban J connectivity index is 1.28. The van der Waals surface area contributed by atoms with Crippen LogP contribution >= 0.6 is 0 Å². The molecule has 3 heterocycles. The number of morpholine rings is 1. The molecule has 140 valence electrons. The summed E-state index contributed by atoms with van der Waals surface area (Å²) in [6.45, 7) is 6.50. The number of likely N-dealkylation sites (tertiary alicyclic amines) is 1. The molecule has 0 saturated carbocycles. The van der Waals surface area contributed by atoms with Gasteiger partial charge in [0.05, 0.1) is 32.9 Å². The van der Waals surface area contributed by atoms with Crippen molar-refractivity contribution in [3.63, 3.8) is 0 Å². The number of rotatable bonds is 3. The predicted octanol–water partition coefficient (Wildman–Crippen LogP) is 1.48. The summed E-state index contributed by atoms with van der Waals surface area (Å²) >= 11 is 0. The standard InChI is InChI=1S/C20H26N2O4/c1-15-3-2-4-17(9-15)19(24)22-13-20(14-22)11-16(12-26-20)10-18(23)21-5-7-25-8-6-21/h2-4,9,16H,5-8,10-14H2,1H3. The van der Waals surface area contributed by atoms with Crippen LogP contribution in [0, 0.1) is 12.8 Å². The van der Waals surface area contributed by atoms with E-state index in [1.165, 1.54) is 0 Å². The molecule has 3 aliphatic rings. The highest BCUT2D eigenvalue weighted by Gasteiger charge is 2.51. The van der Waals surface area contributed by atoms with Crippen LogP contribution in [0.1, 0.15) is 28.8 Å². The molecule has 1 aromatic carbocycles. The first-order valence-electron chi connectivity index (χ1n) is 9.40. The molecule has 1 aromatic rings. The van der Waals surface area contributed by atoms with Crippen molar-refractivity contribution in [1.29, 1.82) is 0 Å². The summed E-state index contributed by atoms with van der Waals surface area (Å²) in [7, 11) is 0. The highest BCUT2D eigenvalue weighted by Crippen LogP contribution is 2.39. The second-order valence-electron chi connectivity index (χ2n) is 7.79. The quantitative estimate of drug-likeness (QED) is 0.821. The maximum atomic E-state index is 12.6. The van der Waals surface area contributed by atoms with E-state index in [2.05, 4.69) is 0 Å². The lowest BCUT2D eigenvalue weighted by molar-refractivity contribution is -0.136. The molecule has 26 heavy (non-hydrogen) atoms. The number of hydrogen-bond acceptors (Lipinski definition) is 4. The smallest absolute Gasteiger partial charge is 0.254 e. The summed E-state index contributed by atoms with van der Waals surface area (Å²) in [6, 6.07) is 7.69. The molecular weight excluding hydrogens is 332 g/mol. The molecule has 3 fully saturated rings. The Morgan fingerprint density at radius 3 is 2.69 bits per heavy atom. The first kappa shape index (κ1) is 17.5. The van der Waals surface area contributed by atoms with E-state index in [1.54, 1.807) is 0 Å². The lowest BCUT2D eigenvalue weighted by Crippen LogP contribution is -2.63. The Morgan fingerprint density at radius 2 is 1.96 bits per heavy atom. The third kappa shape index (κ3) is 3.48. The molecule has 3 aliphatic heterocycles. The Labute approximate surface area is 154 Å². The van der Waals surface area contributed by atoms with Crippen LogP contribution < -0.4 is 0 Å². The van der Waals surface area contributed by atoms with E-state index in [4.69, 9.17) is 9.47 Å². The molecule has 0 bridgehead atoms. The van der Waals surface area contributed by atoms with Gasteiger partial charge in [0.15, 0.2) is 0 Å². The first-order chi connectivity index (χ1) is 12.5. The van der Waals surface area contributed by atoms with Gasteiger partial charge in [-0.1, -0.05) is 17.7 Å². The molecule has 1 spiro atoms. The van der Waals surface area contributed by atoms with Gasteiger partial charge in [-0.15, -0.1) is 0 Å². The maximum Gasteiger partial charge on any atom is 0.254 e. The molecule has 0 aromatic heterocycles. The highest BCUT2D eigenvalue weighted by molar-refractivity contribution is 5.95. The van der Waals surface area contributed by atoms with Crippen molar-refractivity contribution in [1.82, 2.24) is 9.80 Å². The van der Waals surface area contributed by atoms with Crippen LogP contribution in [-0.4, -0.2) is 73.2 Å². The van der Waals surface area contributed by atoms with Crippen molar-refractivity contribution >= 4 is 11.8 Å². The van der Waals surface area contributed by atoms with Crippen LogP contribution in [0.15, 0.2) is 24.3 Å². The van der Waals surface area contributed by atoms with Crippen molar-refractivity contribution < 1.29 is 19.1 Å². The first-order valence-corrected chi connectivity index (χ1v) is 9.40. The van der Waals surface area contributed by atoms with Crippen LogP contribution in [0.4, 0.5) is 0 Å². The Bertz CT molecular complexity index is 693. The van der Waals surface area contributed by atoms with Crippen molar-refractivity contribution in [2.24, 2.45) is 5.92 Å². The van der Waals surface area contributed by atoms with Crippen molar-refractivity contribution in [2.75, 3.05) is 46.0 Å². The fourth-order valence-corrected chi connectivity index (χ4v) is 4.23. The molecule has 0 aliphatic carbocycles. The van der Waals surface area contributed by atoms with Gasteiger partial charge in [-0.05, 0) is 31.4 Å². The summed E-state index contributed by atoms with van der Waals surface area (Å²) in [6.07, 6.45) is 1.40. The molecule has 6 heteroatoms. The second-order valence-corrected chi connectivity index (χ2v) is 7.79. The van der Waals surface area contributed by atoms with E-state index < -0.39 is 0 Å². The monoisotopic (exact) mass is 358 g/mol. The van der Waals surface area contributed by atoms with Crippen molar-refractivity contribution in [3.05, 3.63) is 35.4 Å². The summed E-state index contributed by atoms with van der Waals surface area (Å²) in [5.41, 5.74) is 1.58. The number of nitrogens with zero attached hydrogens (tertiary/aromatic N) is 2. The third-order valence-electron chi connectivity index (χ3n) is 5.62. The minimum atomic E-state index is -0.241. The predicted molar refractivity (Wildman–Crippen MR) is 95.9 cm³/mol. The van der Waals surface area contributed by atoms with E-state index in [0.29, 0.717) is 52.4 Å². The number of amides is 2. The molecule has 2 amide bonds. The van der Waals surface area contributed by atoms with Gasteiger partial charge >= 0.3 is 0 Å². The number of hydrogen-bond donors (Lipinski definition) is 0. The van der Waals surface area contributed by atoms with Crippen molar-refractivity contribution in [3.8, 4) is 0 Å². The topological polar surface area (TPSA) is 59.1 Å². The van der Waals surface area contributed by atoms with Crippen LogP contribution in [0.2, 0.25) is 0 Å². The molecular formula is C20H26N2O4. The van der Waals surface area contributed by atoms with E-state index in [0.717, 1.165) is 17.5 Å². The molecule has 1 unspecified atom stereocenters. The van der Waals surface area contributed by atoms with E-state index in [-0.39, 0.29) is 23.3 Å². The number of benzene rings is 1. The maximum absolute atomic E-state index is 12.6. The lowest BCUT2D eigenvalue weighted by atomic mass is 9.85. The number of carbonyl (C=O) groups is 2. The Hall–Kier alpha value is -1.92. The van der Waals surface area contributed by atoms with Crippen LogP contribution in [-0.2, 0) is 14.3 Å². The molecule has 0 radical (unpaired) electrons. The molecule has 0 N–H and O–H groups in total. The third-order valence-corrected chi connectivity index (χ3v) is 5.62. The normalized spacial score (nSPS) is 24.6.